The zero-order valence-corrected chi connectivity index (χ0v) is 4.85. The predicted molar refractivity (Wildman–Crippen MR) is 27.3 cm³/mol. The minimum absolute atomic E-state index is 0.875. The molecule has 32 valence electrons. The molecule has 0 bridgehead atoms. The Morgan fingerprint density at radius 1 is 2.00 bits per heavy atom. The van der Waals surface area contributed by atoms with Crippen LogP contribution in [0.2, 0.25) is 0 Å². The summed E-state index contributed by atoms with van der Waals surface area (Å²) in [6, 6.07) is 0. The molecule has 6 heavy (non-hydrogen) atoms. The second kappa shape index (κ2) is 1.54. The summed E-state index contributed by atoms with van der Waals surface area (Å²) in [5, 5.41) is 2.91. The van der Waals surface area contributed by atoms with Crippen molar-refractivity contribution in [3.63, 3.8) is 0 Å². The fourth-order valence-electron chi connectivity index (χ4n) is 0.296. The van der Waals surface area contributed by atoms with Gasteiger partial charge in [-0.1, -0.05) is 0 Å². The molecule has 0 spiro atoms. The van der Waals surface area contributed by atoms with Crippen LogP contribution in [0.15, 0.2) is 4.99 Å². The van der Waals surface area contributed by atoms with Gasteiger partial charge in [0, 0.05) is 0 Å². The van der Waals surface area contributed by atoms with Gasteiger partial charge in [-0.05, 0) is 0 Å². The molecule has 0 fully saturated rings. The number of hydrogen-bond donors (Lipinski definition) is 1. The molecule has 0 aromatic rings. The number of nitrogens with one attached hydrogen (secondary N) is 1. The first kappa shape index (κ1) is 4.03. The number of rotatable bonds is 0. The molecule has 0 aromatic carbocycles. The first-order valence-electron chi connectivity index (χ1n) is 1.68. The number of hydrogen-bond acceptors (Lipinski definition) is 2. The third-order valence-electron chi connectivity index (χ3n) is 0.553. The Morgan fingerprint density at radius 2 is 2.83 bits per heavy atom. The van der Waals surface area contributed by atoms with E-state index in [1.54, 1.807) is 6.34 Å². The van der Waals surface area contributed by atoms with E-state index in [2.05, 4.69) is 25.9 Å². The minimum atomic E-state index is 0.875. The topological polar surface area (TPSA) is 24.4 Å². The Balaban J connectivity index is 2.59. The van der Waals surface area contributed by atoms with E-state index in [9.17, 15) is 0 Å². The maximum atomic E-state index is 3.86. The predicted octanol–water partition coefficient (Wildman–Crippen LogP) is -1.08. The average Bonchev–Trinajstić information content (AvgIpc) is 1.86. The second-order valence-electron chi connectivity index (χ2n) is 1.03. The summed E-state index contributed by atoms with van der Waals surface area (Å²) in [6.45, 7) is 0.875. The number of aliphatic imine (C=N–C) groups is 1. The van der Waals surface area contributed by atoms with Crippen LogP contribution in [-0.4, -0.2) is 33.0 Å². The van der Waals surface area contributed by atoms with Gasteiger partial charge in [0.15, 0.2) is 0 Å². The van der Waals surface area contributed by atoms with E-state index in [-0.39, 0.29) is 0 Å². The quantitative estimate of drug-likeness (QED) is 0.433. The SMILES string of the molecule is [Se]=C1CNC=N1. The van der Waals surface area contributed by atoms with Crippen LogP contribution in [0.1, 0.15) is 0 Å². The van der Waals surface area contributed by atoms with Crippen LogP contribution in [0.4, 0.5) is 0 Å². The van der Waals surface area contributed by atoms with Crippen LogP contribution in [0.5, 0.6) is 0 Å². The van der Waals surface area contributed by atoms with Crippen molar-refractivity contribution in [3.05, 3.63) is 0 Å². The molecule has 0 aromatic heterocycles. The first-order valence-corrected chi connectivity index (χ1v) is 2.54. The molecule has 0 saturated heterocycles. The van der Waals surface area contributed by atoms with Crippen molar-refractivity contribution in [1.82, 2.24) is 5.32 Å². The molecule has 1 N–H and O–H groups in total. The Kier molecular flexibility index (Phi) is 1.03. The molecule has 1 aliphatic heterocycles. The van der Waals surface area contributed by atoms with Gasteiger partial charge in [0.25, 0.3) is 0 Å². The van der Waals surface area contributed by atoms with Crippen LogP contribution < -0.4 is 5.32 Å². The van der Waals surface area contributed by atoms with Crippen molar-refractivity contribution >= 4 is 26.5 Å². The molecule has 0 saturated carbocycles. The normalized spacial score (nSPS) is 18.3. The van der Waals surface area contributed by atoms with Gasteiger partial charge in [0.05, 0.1) is 0 Å². The maximum absolute atomic E-state index is 3.86. The Morgan fingerprint density at radius 3 is 3.00 bits per heavy atom. The van der Waals surface area contributed by atoms with Gasteiger partial charge in [-0.25, -0.2) is 0 Å². The van der Waals surface area contributed by atoms with E-state index >= 15 is 0 Å². The van der Waals surface area contributed by atoms with E-state index < -0.39 is 0 Å². The molecular weight excluding hydrogens is 143 g/mol. The molecular formula is C3H4N2Se. The molecule has 0 radical (unpaired) electrons. The molecule has 0 aliphatic carbocycles. The van der Waals surface area contributed by atoms with Crippen molar-refractivity contribution in [2.75, 3.05) is 6.54 Å². The summed E-state index contributed by atoms with van der Waals surface area (Å²) in [5.74, 6) is 0. The Bertz CT molecular complexity index is 97.0. The van der Waals surface area contributed by atoms with Crippen molar-refractivity contribution in [2.24, 2.45) is 4.99 Å². The molecule has 0 atom stereocenters. The zero-order chi connectivity index (χ0) is 4.41. The summed E-state index contributed by atoms with van der Waals surface area (Å²) in [4.78, 5) is 3.86. The average molecular weight is 147 g/mol. The third kappa shape index (κ3) is 0.671. The molecule has 0 unspecified atom stereocenters. The third-order valence-corrected chi connectivity index (χ3v) is 1.08. The first-order chi connectivity index (χ1) is 2.89. The molecule has 1 heterocycles. The van der Waals surface area contributed by atoms with Crippen LogP contribution in [0.25, 0.3) is 0 Å². The summed E-state index contributed by atoms with van der Waals surface area (Å²) in [7, 11) is 0. The summed E-state index contributed by atoms with van der Waals surface area (Å²) in [6.07, 6.45) is 1.69. The van der Waals surface area contributed by atoms with Gasteiger partial charge in [0.1, 0.15) is 0 Å². The zero-order valence-electron chi connectivity index (χ0n) is 3.14. The summed E-state index contributed by atoms with van der Waals surface area (Å²) < 4.78 is 1.04. The van der Waals surface area contributed by atoms with E-state index in [0.717, 1.165) is 11.1 Å². The van der Waals surface area contributed by atoms with Crippen molar-refractivity contribution in [2.45, 2.75) is 0 Å². The molecule has 0 amide bonds. The number of nitrogens with zero attached hydrogens (tertiary/aromatic N) is 1. The van der Waals surface area contributed by atoms with Gasteiger partial charge in [0.2, 0.25) is 0 Å². The van der Waals surface area contributed by atoms with Crippen LogP contribution in [0, 0.1) is 0 Å². The van der Waals surface area contributed by atoms with Gasteiger partial charge in [-0.3, -0.25) is 0 Å². The monoisotopic (exact) mass is 148 g/mol. The fourth-order valence-corrected chi connectivity index (χ4v) is 0.582. The van der Waals surface area contributed by atoms with Gasteiger partial charge < -0.3 is 0 Å². The van der Waals surface area contributed by atoms with Gasteiger partial charge in [-0.15, -0.1) is 0 Å². The molecule has 2 nitrogen and oxygen atoms in total. The molecule has 3 heteroatoms. The van der Waals surface area contributed by atoms with Gasteiger partial charge in [-0.2, -0.15) is 0 Å². The van der Waals surface area contributed by atoms with Gasteiger partial charge >= 0.3 is 43.3 Å². The summed E-state index contributed by atoms with van der Waals surface area (Å²) in [5.41, 5.74) is 0. The Labute approximate surface area is 44.0 Å². The van der Waals surface area contributed by atoms with E-state index in [1.165, 1.54) is 0 Å². The Hall–Kier alpha value is -0.141. The fraction of sp³-hybridized carbons (Fsp3) is 0.333. The van der Waals surface area contributed by atoms with E-state index in [1.807, 2.05) is 0 Å². The van der Waals surface area contributed by atoms with Crippen molar-refractivity contribution < 1.29 is 0 Å². The van der Waals surface area contributed by atoms with E-state index in [4.69, 9.17) is 0 Å². The van der Waals surface area contributed by atoms with Crippen LogP contribution >= 0.6 is 0 Å². The summed E-state index contributed by atoms with van der Waals surface area (Å²) >= 11 is 2.80. The standard InChI is InChI=1S/C3H4N2Se/c6-3-1-4-2-5-3/h2H,1H2,(H,4,5,6). The van der Waals surface area contributed by atoms with Crippen LogP contribution in [0.3, 0.4) is 0 Å². The van der Waals surface area contributed by atoms with Crippen molar-refractivity contribution in [1.29, 1.82) is 0 Å². The van der Waals surface area contributed by atoms with Crippen molar-refractivity contribution in [3.8, 4) is 0 Å². The second-order valence-corrected chi connectivity index (χ2v) is 2.02. The molecule has 1 aliphatic rings. The van der Waals surface area contributed by atoms with Crippen LogP contribution in [-0.2, 0) is 0 Å². The van der Waals surface area contributed by atoms with E-state index in [0.29, 0.717) is 0 Å². The molecule has 1 rings (SSSR count).